The summed E-state index contributed by atoms with van der Waals surface area (Å²) in [5.74, 6) is 0. The highest BCUT2D eigenvalue weighted by Gasteiger charge is 1.89. The van der Waals surface area contributed by atoms with Crippen LogP contribution in [0.3, 0.4) is 0 Å². The molecular weight excluding hydrogens is 122 g/mol. The number of rotatable bonds is 2. The minimum absolute atomic E-state index is 0.334. The highest BCUT2D eigenvalue weighted by molar-refractivity contribution is 5.21. The van der Waals surface area contributed by atoms with Gasteiger partial charge in [0.2, 0.25) is 0 Å². The van der Waals surface area contributed by atoms with Crippen LogP contribution in [0.4, 0.5) is 0 Å². The smallest absolute Gasteiger partial charge is 0.0605 e. The molecule has 0 N–H and O–H groups in total. The lowest BCUT2D eigenvalue weighted by atomic mass is 10.1. The summed E-state index contributed by atoms with van der Waals surface area (Å²) in [5.41, 5.74) is 1.28. The Balaban J connectivity index is 2.75. The van der Waals surface area contributed by atoms with Crippen molar-refractivity contribution in [2.24, 2.45) is 0 Å². The number of nitrogens with zero attached hydrogens (tertiary/aromatic N) is 1. The molecule has 0 bridgehead atoms. The molecule has 0 amide bonds. The molecule has 0 aliphatic rings. The summed E-state index contributed by atoms with van der Waals surface area (Å²) in [6, 6.07) is 10.6. The predicted octanol–water partition coefficient (Wildman–Crippen LogP) is 2.75. The van der Waals surface area contributed by atoms with Crippen molar-refractivity contribution in [3.05, 3.63) is 41.2 Å². The summed E-state index contributed by atoms with van der Waals surface area (Å²) < 4.78 is 0. The molecule has 0 aromatic heterocycles. The average Bonchev–Trinajstić information content (AvgIpc) is 2.05. The van der Waals surface area contributed by atoms with E-state index in [0.29, 0.717) is 6.04 Å². The molecule has 1 aromatic rings. The molecule has 54 valence electrons. The molecular formula is C9H12N-. The van der Waals surface area contributed by atoms with Crippen LogP contribution in [-0.2, 0) is 0 Å². The fourth-order valence-electron chi connectivity index (χ4n) is 0.881. The van der Waals surface area contributed by atoms with Gasteiger partial charge in [-0.25, -0.2) is 0 Å². The van der Waals surface area contributed by atoms with Crippen molar-refractivity contribution in [3.8, 4) is 0 Å². The van der Waals surface area contributed by atoms with Gasteiger partial charge in [0.05, 0.1) is 0 Å². The van der Waals surface area contributed by atoms with Crippen LogP contribution in [0, 0.1) is 0 Å². The van der Waals surface area contributed by atoms with Crippen molar-refractivity contribution in [1.82, 2.24) is 0 Å². The fraction of sp³-hybridized carbons (Fsp3) is 0.333. The minimum Gasteiger partial charge on any atom is -0.659 e. The van der Waals surface area contributed by atoms with Crippen LogP contribution >= 0.6 is 0 Å². The van der Waals surface area contributed by atoms with E-state index < -0.39 is 0 Å². The third kappa shape index (κ3) is 1.58. The first kappa shape index (κ1) is 7.29. The number of benzene rings is 1. The molecule has 0 aliphatic heterocycles. The summed E-state index contributed by atoms with van der Waals surface area (Å²) in [5, 5.41) is 4.16. The Labute approximate surface area is 62.1 Å². The fourth-order valence-corrected chi connectivity index (χ4v) is 0.881. The molecule has 0 radical (unpaired) electrons. The molecule has 0 spiro atoms. The van der Waals surface area contributed by atoms with Crippen LogP contribution in [-0.4, -0.2) is 7.05 Å². The van der Waals surface area contributed by atoms with E-state index in [1.807, 2.05) is 25.2 Å². The normalized spacial score (nSPS) is 13.0. The standard InChI is InChI=1S/C9H12N/c1-8(10-2)9-6-4-3-5-7-9/h3-8H,1-2H3/q-1/t8-/m1/s1. The van der Waals surface area contributed by atoms with E-state index in [1.54, 1.807) is 0 Å². The molecule has 1 atom stereocenters. The van der Waals surface area contributed by atoms with Crippen molar-refractivity contribution in [1.29, 1.82) is 0 Å². The van der Waals surface area contributed by atoms with Crippen LogP contribution in [0.25, 0.3) is 5.32 Å². The summed E-state index contributed by atoms with van der Waals surface area (Å²) in [6.07, 6.45) is 0. The van der Waals surface area contributed by atoms with Crippen LogP contribution in [0.15, 0.2) is 30.3 Å². The Morgan fingerprint density at radius 2 is 1.80 bits per heavy atom. The van der Waals surface area contributed by atoms with Gasteiger partial charge in [0.25, 0.3) is 0 Å². The van der Waals surface area contributed by atoms with Gasteiger partial charge >= 0.3 is 0 Å². The van der Waals surface area contributed by atoms with Crippen LogP contribution in [0.2, 0.25) is 0 Å². The topological polar surface area (TPSA) is 14.1 Å². The minimum atomic E-state index is 0.334. The summed E-state index contributed by atoms with van der Waals surface area (Å²) >= 11 is 0. The highest BCUT2D eigenvalue weighted by Crippen LogP contribution is 2.17. The van der Waals surface area contributed by atoms with Gasteiger partial charge in [0.1, 0.15) is 0 Å². The maximum absolute atomic E-state index is 4.16. The van der Waals surface area contributed by atoms with Gasteiger partial charge in [-0.3, -0.25) is 0 Å². The second kappa shape index (κ2) is 3.37. The Morgan fingerprint density at radius 3 is 2.30 bits per heavy atom. The predicted molar refractivity (Wildman–Crippen MR) is 44.1 cm³/mol. The van der Waals surface area contributed by atoms with E-state index in [9.17, 15) is 0 Å². The van der Waals surface area contributed by atoms with E-state index in [0.717, 1.165) is 0 Å². The second-order valence-corrected chi connectivity index (χ2v) is 2.34. The maximum Gasteiger partial charge on any atom is -0.0605 e. The van der Waals surface area contributed by atoms with Crippen molar-refractivity contribution in [2.75, 3.05) is 7.05 Å². The lowest BCUT2D eigenvalue weighted by molar-refractivity contribution is 0.916. The molecule has 0 saturated heterocycles. The summed E-state index contributed by atoms with van der Waals surface area (Å²) in [6.45, 7) is 2.09. The lowest BCUT2D eigenvalue weighted by Crippen LogP contribution is -1.88. The Bertz CT molecular complexity index is 181. The molecule has 0 aliphatic carbocycles. The quantitative estimate of drug-likeness (QED) is 0.590. The van der Waals surface area contributed by atoms with E-state index in [4.69, 9.17) is 0 Å². The molecule has 0 fully saturated rings. The van der Waals surface area contributed by atoms with Crippen LogP contribution < -0.4 is 0 Å². The van der Waals surface area contributed by atoms with Crippen LogP contribution in [0.1, 0.15) is 18.5 Å². The van der Waals surface area contributed by atoms with Gasteiger partial charge in [-0.15, -0.1) is 6.04 Å². The first-order valence-electron chi connectivity index (χ1n) is 3.48. The SMILES string of the molecule is C[N-][C@H](C)c1ccccc1. The van der Waals surface area contributed by atoms with E-state index in [-0.39, 0.29) is 0 Å². The van der Waals surface area contributed by atoms with Gasteiger partial charge < -0.3 is 5.32 Å². The van der Waals surface area contributed by atoms with Crippen molar-refractivity contribution in [3.63, 3.8) is 0 Å². The van der Waals surface area contributed by atoms with Gasteiger partial charge in [0, 0.05) is 0 Å². The van der Waals surface area contributed by atoms with Crippen molar-refractivity contribution >= 4 is 0 Å². The zero-order valence-electron chi connectivity index (χ0n) is 6.41. The van der Waals surface area contributed by atoms with Crippen LogP contribution in [0.5, 0.6) is 0 Å². The maximum atomic E-state index is 4.16. The first-order chi connectivity index (χ1) is 4.84. The summed E-state index contributed by atoms with van der Waals surface area (Å²) in [7, 11) is 1.84. The second-order valence-electron chi connectivity index (χ2n) is 2.34. The highest BCUT2D eigenvalue weighted by atomic mass is 14.8. The Hall–Kier alpha value is -0.820. The zero-order chi connectivity index (χ0) is 7.40. The monoisotopic (exact) mass is 134 g/mol. The third-order valence-electron chi connectivity index (χ3n) is 1.67. The molecule has 10 heavy (non-hydrogen) atoms. The number of hydrogen-bond donors (Lipinski definition) is 0. The third-order valence-corrected chi connectivity index (χ3v) is 1.67. The van der Waals surface area contributed by atoms with Gasteiger partial charge in [-0.05, 0) is 0 Å². The molecule has 1 heteroatoms. The zero-order valence-corrected chi connectivity index (χ0v) is 6.41. The Kier molecular flexibility index (Phi) is 2.46. The average molecular weight is 134 g/mol. The lowest BCUT2D eigenvalue weighted by Gasteiger charge is -2.22. The van der Waals surface area contributed by atoms with Gasteiger partial charge in [-0.1, -0.05) is 42.8 Å². The van der Waals surface area contributed by atoms with Gasteiger partial charge in [-0.2, -0.15) is 7.05 Å². The molecule has 1 nitrogen and oxygen atoms in total. The number of hydrogen-bond acceptors (Lipinski definition) is 0. The molecule has 1 aromatic carbocycles. The molecule has 0 heterocycles. The van der Waals surface area contributed by atoms with E-state index in [2.05, 4.69) is 24.4 Å². The van der Waals surface area contributed by atoms with E-state index >= 15 is 0 Å². The molecule has 1 rings (SSSR count). The summed E-state index contributed by atoms with van der Waals surface area (Å²) in [4.78, 5) is 0. The molecule has 0 unspecified atom stereocenters. The Morgan fingerprint density at radius 1 is 1.20 bits per heavy atom. The largest absolute Gasteiger partial charge is 0.659 e. The van der Waals surface area contributed by atoms with E-state index in [1.165, 1.54) is 5.56 Å². The first-order valence-corrected chi connectivity index (χ1v) is 3.48. The van der Waals surface area contributed by atoms with Crippen molar-refractivity contribution in [2.45, 2.75) is 13.0 Å². The van der Waals surface area contributed by atoms with Crippen molar-refractivity contribution < 1.29 is 0 Å². The molecule has 0 saturated carbocycles. The van der Waals surface area contributed by atoms with Gasteiger partial charge in [0.15, 0.2) is 0 Å².